The van der Waals surface area contributed by atoms with Crippen molar-refractivity contribution < 1.29 is 23.4 Å². The Bertz CT molecular complexity index is 911. The van der Waals surface area contributed by atoms with E-state index in [1.54, 1.807) is 6.92 Å². The van der Waals surface area contributed by atoms with Crippen molar-refractivity contribution in [3.05, 3.63) is 64.8 Å². The second kappa shape index (κ2) is 6.90. The van der Waals surface area contributed by atoms with E-state index >= 15 is 0 Å². The van der Waals surface area contributed by atoms with Gasteiger partial charge in [0.1, 0.15) is 17.1 Å². The van der Waals surface area contributed by atoms with Crippen LogP contribution in [-0.2, 0) is 4.74 Å². The average molecular weight is 363 g/mol. The molecule has 3 rings (SSSR count). The number of benzene rings is 2. The molecule has 1 atom stereocenters. The van der Waals surface area contributed by atoms with E-state index in [-0.39, 0.29) is 33.9 Å². The number of phenols is 1. The largest absolute Gasteiger partial charge is 0.507 e. The highest BCUT2D eigenvalue weighted by Gasteiger charge is 2.22. The van der Waals surface area contributed by atoms with Gasteiger partial charge in [-0.15, -0.1) is 10.2 Å². The molecule has 0 spiro atoms. The van der Waals surface area contributed by atoms with E-state index in [0.717, 1.165) is 0 Å². The van der Waals surface area contributed by atoms with Crippen molar-refractivity contribution in [2.75, 3.05) is 0 Å². The van der Waals surface area contributed by atoms with Crippen LogP contribution in [0.2, 0.25) is 5.02 Å². The van der Waals surface area contributed by atoms with Crippen molar-refractivity contribution in [1.82, 2.24) is 10.2 Å². The van der Waals surface area contributed by atoms with Gasteiger partial charge in [0, 0.05) is 10.6 Å². The molecule has 3 aromatic rings. The second-order valence-electron chi connectivity index (χ2n) is 5.16. The number of ether oxygens (including phenoxy) is 1. The highest BCUT2D eigenvalue weighted by Crippen LogP contribution is 2.26. The number of esters is 1. The molecule has 1 aromatic heterocycles. The molecule has 0 saturated heterocycles. The van der Waals surface area contributed by atoms with Crippen LogP contribution in [0.1, 0.15) is 29.3 Å². The summed E-state index contributed by atoms with van der Waals surface area (Å²) in [4.78, 5) is 12.1. The van der Waals surface area contributed by atoms with Crippen molar-refractivity contribution in [2.45, 2.75) is 13.0 Å². The zero-order valence-electron chi connectivity index (χ0n) is 12.9. The Labute approximate surface area is 146 Å². The summed E-state index contributed by atoms with van der Waals surface area (Å²) in [5.41, 5.74) is 0.462. The Balaban J connectivity index is 1.75. The van der Waals surface area contributed by atoms with Gasteiger partial charge >= 0.3 is 5.97 Å². The molecular weight excluding hydrogens is 351 g/mol. The number of carbonyl (C=O) groups is 1. The van der Waals surface area contributed by atoms with Crippen molar-refractivity contribution in [3.8, 4) is 17.2 Å². The maximum Gasteiger partial charge on any atom is 0.342 e. The lowest BCUT2D eigenvalue weighted by Gasteiger charge is -2.10. The zero-order chi connectivity index (χ0) is 18.0. The molecule has 0 aliphatic heterocycles. The van der Waals surface area contributed by atoms with Gasteiger partial charge in [0.2, 0.25) is 5.89 Å². The first-order valence-corrected chi connectivity index (χ1v) is 7.60. The average Bonchev–Trinajstić information content (AvgIpc) is 3.07. The van der Waals surface area contributed by atoms with Crippen LogP contribution in [0.3, 0.4) is 0 Å². The van der Waals surface area contributed by atoms with Crippen LogP contribution < -0.4 is 0 Å². The summed E-state index contributed by atoms with van der Waals surface area (Å²) in [6.45, 7) is 1.54. The van der Waals surface area contributed by atoms with Crippen molar-refractivity contribution in [1.29, 1.82) is 0 Å². The fourth-order valence-corrected chi connectivity index (χ4v) is 2.23. The van der Waals surface area contributed by atoms with Gasteiger partial charge in [-0.25, -0.2) is 9.18 Å². The van der Waals surface area contributed by atoms with E-state index in [0.29, 0.717) is 5.56 Å². The maximum atomic E-state index is 12.9. The minimum absolute atomic E-state index is 0.0641. The monoisotopic (exact) mass is 362 g/mol. The molecule has 25 heavy (non-hydrogen) atoms. The number of aromatic nitrogens is 2. The Kier molecular flexibility index (Phi) is 4.67. The van der Waals surface area contributed by atoms with E-state index < -0.39 is 12.1 Å². The predicted octanol–water partition coefficient (Wildman–Crippen LogP) is 4.15. The molecule has 2 aromatic carbocycles. The lowest BCUT2D eigenvalue weighted by Crippen LogP contribution is -2.09. The summed E-state index contributed by atoms with van der Waals surface area (Å²) in [5, 5.41) is 17.7. The molecule has 128 valence electrons. The number of aromatic hydroxyl groups is 1. The minimum atomic E-state index is -0.854. The van der Waals surface area contributed by atoms with Crippen LogP contribution >= 0.6 is 11.6 Å². The Morgan fingerprint density at radius 3 is 2.68 bits per heavy atom. The van der Waals surface area contributed by atoms with Gasteiger partial charge < -0.3 is 14.3 Å². The topological polar surface area (TPSA) is 85.5 Å². The lowest BCUT2D eigenvalue weighted by atomic mass is 10.2. The number of phenolic OH excluding ortho intramolecular Hbond substituents is 1. The van der Waals surface area contributed by atoms with E-state index in [4.69, 9.17) is 20.8 Å². The molecule has 0 radical (unpaired) electrons. The molecule has 8 heteroatoms. The summed E-state index contributed by atoms with van der Waals surface area (Å²) in [6, 6.07) is 9.56. The lowest BCUT2D eigenvalue weighted by molar-refractivity contribution is 0.0276. The minimum Gasteiger partial charge on any atom is -0.507 e. The molecule has 0 saturated carbocycles. The smallest absolute Gasteiger partial charge is 0.342 e. The second-order valence-corrected chi connectivity index (χ2v) is 5.60. The number of halogens is 2. The number of nitrogens with zero attached hydrogens (tertiary/aromatic N) is 2. The maximum absolute atomic E-state index is 12.9. The summed E-state index contributed by atoms with van der Waals surface area (Å²) in [5.74, 6) is -1.18. The molecule has 0 amide bonds. The fraction of sp³-hybridized carbons (Fsp3) is 0.118. The highest BCUT2D eigenvalue weighted by atomic mass is 35.5. The molecule has 0 bridgehead atoms. The van der Waals surface area contributed by atoms with Gasteiger partial charge in [0.15, 0.2) is 6.10 Å². The first kappa shape index (κ1) is 16.9. The van der Waals surface area contributed by atoms with Crippen LogP contribution in [-0.4, -0.2) is 21.3 Å². The Morgan fingerprint density at radius 2 is 1.96 bits per heavy atom. The summed E-state index contributed by atoms with van der Waals surface area (Å²) in [7, 11) is 0. The highest BCUT2D eigenvalue weighted by molar-refractivity contribution is 6.31. The molecule has 0 fully saturated rings. The van der Waals surface area contributed by atoms with Gasteiger partial charge in [0.25, 0.3) is 5.89 Å². The van der Waals surface area contributed by atoms with Crippen LogP contribution in [0.25, 0.3) is 11.5 Å². The summed E-state index contributed by atoms with van der Waals surface area (Å²) < 4.78 is 23.6. The molecule has 1 heterocycles. The third kappa shape index (κ3) is 3.77. The zero-order valence-corrected chi connectivity index (χ0v) is 13.7. The van der Waals surface area contributed by atoms with Gasteiger partial charge in [-0.2, -0.15) is 0 Å². The van der Waals surface area contributed by atoms with E-state index in [1.165, 1.54) is 42.5 Å². The molecule has 0 aliphatic rings. The fourth-order valence-electron chi connectivity index (χ4n) is 2.05. The summed E-state index contributed by atoms with van der Waals surface area (Å²) in [6.07, 6.45) is -0.854. The Hall–Kier alpha value is -2.93. The predicted molar refractivity (Wildman–Crippen MR) is 86.6 cm³/mol. The van der Waals surface area contributed by atoms with Crippen LogP contribution in [0, 0.1) is 5.82 Å². The van der Waals surface area contributed by atoms with E-state index in [2.05, 4.69) is 10.2 Å². The molecule has 1 N–H and O–H groups in total. The molecule has 0 aliphatic carbocycles. The molecule has 6 nitrogen and oxygen atoms in total. The van der Waals surface area contributed by atoms with E-state index in [1.807, 2.05) is 0 Å². The normalized spacial score (nSPS) is 12.0. The van der Waals surface area contributed by atoms with Crippen molar-refractivity contribution in [3.63, 3.8) is 0 Å². The number of rotatable bonds is 4. The van der Waals surface area contributed by atoms with Crippen LogP contribution in [0.15, 0.2) is 46.9 Å². The number of hydrogen-bond acceptors (Lipinski definition) is 6. The molecule has 0 unspecified atom stereocenters. The van der Waals surface area contributed by atoms with Gasteiger partial charge in [-0.3, -0.25) is 0 Å². The third-order valence-corrected chi connectivity index (χ3v) is 3.58. The Morgan fingerprint density at radius 1 is 1.24 bits per heavy atom. The number of hydrogen-bond donors (Lipinski definition) is 1. The summed E-state index contributed by atoms with van der Waals surface area (Å²) >= 11 is 5.81. The first-order chi connectivity index (χ1) is 11.9. The molecular formula is C17H12ClFN2O4. The van der Waals surface area contributed by atoms with Crippen molar-refractivity contribution >= 4 is 17.6 Å². The van der Waals surface area contributed by atoms with E-state index in [9.17, 15) is 14.3 Å². The van der Waals surface area contributed by atoms with Gasteiger partial charge in [0.05, 0.1) is 0 Å². The van der Waals surface area contributed by atoms with Gasteiger partial charge in [-0.1, -0.05) is 11.6 Å². The van der Waals surface area contributed by atoms with Gasteiger partial charge in [-0.05, 0) is 49.4 Å². The first-order valence-electron chi connectivity index (χ1n) is 7.23. The third-order valence-electron chi connectivity index (χ3n) is 3.34. The standard InChI is InChI=1S/C17H12ClFN2O4/c1-9(24-17(23)13-8-11(18)4-7-14(13)22)15-20-21-16(25-15)10-2-5-12(19)6-3-10/h2-9,22H,1H3/t9-/m1/s1. The van der Waals surface area contributed by atoms with Crippen LogP contribution in [0.4, 0.5) is 4.39 Å². The van der Waals surface area contributed by atoms with Crippen LogP contribution in [0.5, 0.6) is 5.75 Å². The van der Waals surface area contributed by atoms with Crippen molar-refractivity contribution in [2.24, 2.45) is 0 Å². The SMILES string of the molecule is C[C@@H](OC(=O)c1cc(Cl)ccc1O)c1nnc(-c2ccc(F)cc2)o1. The quantitative estimate of drug-likeness (QED) is 0.701. The number of carbonyl (C=O) groups excluding carboxylic acids is 1.